The third kappa shape index (κ3) is 2.66. The second kappa shape index (κ2) is 5.52. The van der Waals surface area contributed by atoms with Crippen molar-refractivity contribution in [1.82, 2.24) is 0 Å². The lowest BCUT2D eigenvalue weighted by molar-refractivity contribution is 0.167. The largest absolute Gasteiger partial charge is 0.502 e. The number of carbonyl (C=O) groups is 1. The summed E-state index contributed by atoms with van der Waals surface area (Å²) in [7, 11) is 0. The molecule has 0 fully saturated rings. The maximum atomic E-state index is 12.8. The lowest BCUT2D eigenvalue weighted by Crippen LogP contribution is -2.12. The molecule has 0 aliphatic carbocycles. The summed E-state index contributed by atoms with van der Waals surface area (Å²) in [6.07, 6.45) is -0.831. The Hall–Kier alpha value is -2.70. The Labute approximate surface area is 113 Å². The summed E-state index contributed by atoms with van der Waals surface area (Å²) < 4.78 is 22.6. The topological polar surface area (TPSA) is 91.9 Å². The number of aromatic hydroxyl groups is 2. The molecular weight excluding hydrogens is 269 g/mol. The van der Waals surface area contributed by atoms with E-state index in [2.05, 4.69) is 10.1 Å². The zero-order valence-corrected chi connectivity index (χ0v) is 10.5. The summed E-state index contributed by atoms with van der Waals surface area (Å²) in [6, 6.07) is 5.07. The standard InChI is InChI=1S/C13H12FNO5/c1-2-19-13(18)15-12-10(17)9(16)11(20-12)7-3-5-8(14)6-4-7/h3-6,16-17H,2H2,1H3,(H,15,18). The number of hydrogen-bond acceptors (Lipinski definition) is 5. The van der Waals surface area contributed by atoms with Gasteiger partial charge in [0.1, 0.15) is 5.82 Å². The Morgan fingerprint density at radius 2 is 1.95 bits per heavy atom. The summed E-state index contributed by atoms with van der Waals surface area (Å²) >= 11 is 0. The fourth-order valence-corrected chi connectivity index (χ4v) is 1.56. The van der Waals surface area contributed by atoms with Gasteiger partial charge in [-0.2, -0.15) is 0 Å². The van der Waals surface area contributed by atoms with E-state index >= 15 is 0 Å². The summed E-state index contributed by atoms with van der Waals surface area (Å²) in [5, 5.41) is 21.6. The van der Waals surface area contributed by atoms with Gasteiger partial charge < -0.3 is 19.4 Å². The number of furan rings is 1. The molecule has 0 unspecified atom stereocenters. The number of hydrogen-bond donors (Lipinski definition) is 3. The maximum Gasteiger partial charge on any atom is 0.414 e. The van der Waals surface area contributed by atoms with Gasteiger partial charge in [0, 0.05) is 5.56 Å². The summed E-state index contributed by atoms with van der Waals surface area (Å²) in [6.45, 7) is 1.76. The third-order valence-electron chi connectivity index (χ3n) is 2.46. The molecule has 0 aliphatic rings. The molecule has 106 valence electrons. The Morgan fingerprint density at radius 3 is 2.55 bits per heavy atom. The Bertz CT molecular complexity index is 620. The van der Waals surface area contributed by atoms with Gasteiger partial charge in [0.15, 0.2) is 5.76 Å². The number of carbonyl (C=O) groups excluding carboxylic acids is 1. The molecule has 1 aromatic heterocycles. The minimum Gasteiger partial charge on any atom is -0.502 e. The molecule has 1 amide bonds. The maximum absolute atomic E-state index is 12.8. The highest BCUT2D eigenvalue weighted by molar-refractivity contribution is 5.87. The molecule has 6 nitrogen and oxygen atoms in total. The van der Waals surface area contributed by atoms with Crippen LogP contribution in [0.15, 0.2) is 28.7 Å². The molecule has 0 saturated carbocycles. The summed E-state index contributed by atoms with van der Waals surface area (Å²) in [4.78, 5) is 11.2. The first-order valence-electron chi connectivity index (χ1n) is 5.77. The molecule has 7 heteroatoms. The van der Waals surface area contributed by atoms with Gasteiger partial charge in [-0.15, -0.1) is 0 Å². The van der Waals surface area contributed by atoms with Crippen molar-refractivity contribution in [2.75, 3.05) is 11.9 Å². The van der Waals surface area contributed by atoms with Crippen LogP contribution < -0.4 is 5.32 Å². The van der Waals surface area contributed by atoms with E-state index in [-0.39, 0.29) is 18.3 Å². The van der Waals surface area contributed by atoms with Crippen LogP contribution in [0.25, 0.3) is 11.3 Å². The molecule has 2 rings (SSSR count). The molecular formula is C13H12FNO5. The Morgan fingerprint density at radius 1 is 1.30 bits per heavy atom. The van der Waals surface area contributed by atoms with Crippen molar-refractivity contribution in [2.24, 2.45) is 0 Å². The first-order valence-corrected chi connectivity index (χ1v) is 5.77. The zero-order chi connectivity index (χ0) is 14.7. The molecule has 1 heterocycles. The van der Waals surface area contributed by atoms with Crippen molar-refractivity contribution in [3.63, 3.8) is 0 Å². The van der Waals surface area contributed by atoms with E-state index in [9.17, 15) is 19.4 Å². The van der Waals surface area contributed by atoms with E-state index in [1.165, 1.54) is 24.3 Å². The van der Waals surface area contributed by atoms with Gasteiger partial charge >= 0.3 is 6.09 Å². The Balaban J connectivity index is 2.32. The average Bonchev–Trinajstić information content (AvgIpc) is 2.68. The predicted octanol–water partition coefficient (Wildman–Crippen LogP) is 3.07. The van der Waals surface area contributed by atoms with Gasteiger partial charge in [-0.3, -0.25) is 5.32 Å². The van der Waals surface area contributed by atoms with Gasteiger partial charge in [-0.05, 0) is 31.2 Å². The van der Waals surface area contributed by atoms with Crippen LogP contribution in [-0.4, -0.2) is 22.9 Å². The van der Waals surface area contributed by atoms with E-state index < -0.39 is 23.4 Å². The first kappa shape index (κ1) is 13.7. The highest BCUT2D eigenvalue weighted by atomic mass is 19.1. The number of ether oxygens (including phenoxy) is 1. The second-order valence-corrected chi connectivity index (χ2v) is 3.81. The van der Waals surface area contributed by atoms with E-state index in [4.69, 9.17) is 4.42 Å². The molecule has 20 heavy (non-hydrogen) atoms. The van der Waals surface area contributed by atoms with Gasteiger partial charge in [-0.25, -0.2) is 9.18 Å². The zero-order valence-electron chi connectivity index (χ0n) is 10.5. The fourth-order valence-electron chi connectivity index (χ4n) is 1.56. The number of benzene rings is 1. The molecule has 0 atom stereocenters. The van der Waals surface area contributed by atoms with Crippen LogP contribution in [0, 0.1) is 5.82 Å². The van der Waals surface area contributed by atoms with Crippen LogP contribution in [0.1, 0.15) is 6.92 Å². The lowest BCUT2D eigenvalue weighted by Gasteiger charge is -2.01. The highest BCUT2D eigenvalue weighted by Gasteiger charge is 2.22. The van der Waals surface area contributed by atoms with Crippen molar-refractivity contribution in [1.29, 1.82) is 0 Å². The third-order valence-corrected chi connectivity index (χ3v) is 2.46. The summed E-state index contributed by atoms with van der Waals surface area (Å²) in [5.41, 5.74) is 0.344. The Kier molecular flexibility index (Phi) is 3.79. The monoisotopic (exact) mass is 281 g/mol. The van der Waals surface area contributed by atoms with Crippen LogP contribution in [0.2, 0.25) is 0 Å². The van der Waals surface area contributed by atoms with Crippen molar-refractivity contribution in [2.45, 2.75) is 6.92 Å². The van der Waals surface area contributed by atoms with Crippen molar-refractivity contribution in [3.8, 4) is 22.8 Å². The van der Waals surface area contributed by atoms with Crippen molar-refractivity contribution in [3.05, 3.63) is 30.1 Å². The second-order valence-electron chi connectivity index (χ2n) is 3.81. The molecule has 1 aromatic carbocycles. The van der Waals surface area contributed by atoms with Crippen molar-refractivity contribution < 1.29 is 28.6 Å². The summed E-state index contributed by atoms with van der Waals surface area (Å²) in [5.74, 6) is -2.07. The van der Waals surface area contributed by atoms with Gasteiger partial charge in [-0.1, -0.05) is 0 Å². The number of amides is 1. The van der Waals surface area contributed by atoms with Gasteiger partial charge in [0.25, 0.3) is 0 Å². The smallest absolute Gasteiger partial charge is 0.414 e. The molecule has 0 aliphatic heterocycles. The minimum atomic E-state index is -0.831. The molecule has 0 spiro atoms. The first-order chi connectivity index (χ1) is 9.52. The van der Waals surface area contributed by atoms with Crippen LogP contribution >= 0.6 is 0 Å². The average molecular weight is 281 g/mol. The number of nitrogens with one attached hydrogen (secondary N) is 1. The molecule has 0 bridgehead atoms. The fraction of sp³-hybridized carbons (Fsp3) is 0.154. The normalized spacial score (nSPS) is 10.3. The molecule has 2 aromatic rings. The molecule has 0 saturated heterocycles. The lowest BCUT2D eigenvalue weighted by atomic mass is 10.1. The highest BCUT2D eigenvalue weighted by Crippen LogP contribution is 2.45. The van der Waals surface area contributed by atoms with Gasteiger partial charge in [0.05, 0.1) is 6.61 Å². The van der Waals surface area contributed by atoms with Crippen LogP contribution in [0.3, 0.4) is 0 Å². The SMILES string of the molecule is CCOC(=O)Nc1oc(-c2ccc(F)cc2)c(O)c1O. The number of anilines is 1. The van der Waals surface area contributed by atoms with Crippen LogP contribution in [0.4, 0.5) is 15.1 Å². The molecule has 3 N–H and O–H groups in total. The van der Waals surface area contributed by atoms with Crippen LogP contribution in [0.5, 0.6) is 11.5 Å². The predicted molar refractivity (Wildman–Crippen MR) is 68.1 cm³/mol. The van der Waals surface area contributed by atoms with Crippen LogP contribution in [-0.2, 0) is 4.74 Å². The number of halogens is 1. The minimum absolute atomic E-state index is 0.0886. The number of rotatable bonds is 3. The van der Waals surface area contributed by atoms with E-state index in [0.29, 0.717) is 5.56 Å². The quantitative estimate of drug-likeness (QED) is 0.804. The van der Waals surface area contributed by atoms with E-state index in [0.717, 1.165) is 0 Å². The molecule has 0 radical (unpaired) electrons. The van der Waals surface area contributed by atoms with E-state index in [1.54, 1.807) is 6.92 Å². The van der Waals surface area contributed by atoms with Crippen molar-refractivity contribution >= 4 is 12.0 Å². The van der Waals surface area contributed by atoms with Gasteiger partial charge in [0.2, 0.25) is 17.4 Å². The van der Waals surface area contributed by atoms with E-state index in [1.807, 2.05) is 0 Å².